The van der Waals surface area contributed by atoms with Crippen LogP contribution in [0.4, 0.5) is 10.6 Å². The van der Waals surface area contributed by atoms with Gasteiger partial charge in [0.1, 0.15) is 10.8 Å². The van der Waals surface area contributed by atoms with Gasteiger partial charge in [0.2, 0.25) is 0 Å². The maximum Gasteiger partial charge on any atom is 0.409 e. The first-order valence-electron chi connectivity index (χ1n) is 6.54. The van der Waals surface area contributed by atoms with Crippen LogP contribution in [0.15, 0.2) is 18.3 Å². The molecule has 20 heavy (non-hydrogen) atoms. The molecule has 0 aliphatic carbocycles. The van der Waals surface area contributed by atoms with Crippen molar-refractivity contribution in [1.29, 1.82) is 0 Å². The lowest BCUT2D eigenvalue weighted by Gasteiger charge is -2.34. The normalized spacial score (nSPS) is 15.1. The average Bonchev–Trinajstić information content (AvgIpc) is 2.48. The molecule has 0 saturated carbocycles. The third-order valence-corrected chi connectivity index (χ3v) is 3.40. The summed E-state index contributed by atoms with van der Waals surface area (Å²) in [6.07, 6.45) is 1.44. The van der Waals surface area contributed by atoms with E-state index in [1.165, 1.54) is 0 Å². The number of hydrogen-bond acceptors (Lipinski definition) is 5. The first-order chi connectivity index (χ1) is 9.61. The summed E-state index contributed by atoms with van der Waals surface area (Å²) in [6.45, 7) is 4.88. The molecule has 2 rings (SSSR count). The molecule has 7 heteroatoms. The van der Waals surface area contributed by atoms with E-state index >= 15 is 0 Å². The second-order valence-electron chi connectivity index (χ2n) is 4.44. The summed E-state index contributed by atoms with van der Waals surface area (Å²) in [5, 5.41) is 0. The van der Waals surface area contributed by atoms with Crippen LogP contribution in [0.25, 0.3) is 0 Å². The highest BCUT2D eigenvalue weighted by atomic mass is 32.1. The number of rotatable bonds is 3. The van der Waals surface area contributed by atoms with Crippen molar-refractivity contribution >= 4 is 29.1 Å². The lowest BCUT2D eigenvalue weighted by molar-refractivity contribution is 0.105. The van der Waals surface area contributed by atoms with Gasteiger partial charge in [-0.15, -0.1) is 0 Å². The lowest BCUT2D eigenvalue weighted by atomic mass is 10.2. The zero-order chi connectivity index (χ0) is 14.5. The van der Waals surface area contributed by atoms with Gasteiger partial charge in [-0.2, -0.15) is 0 Å². The van der Waals surface area contributed by atoms with Crippen molar-refractivity contribution in [3.05, 3.63) is 23.9 Å². The number of anilines is 1. The molecule has 2 N–H and O–H groups in total. The highest BCUT2D eigenvalue weighted by Gasteiger charge is 2.22. The highest BCUT2D eigenvalue weighted by Crippen LogP contribution is 2.15. The van der Waals surface area contributed by atoms with Crippen molar-refractivity contribution in [1.82, 2.24) is 9.88 Å². The van der Waals surface area contributed by atoms with Gasteiger partial charge in [0.25, 0.3) is 0 Å². The maximum atomic E-state index is 11.6. The topological polar surface area (TPSA) is 71.7 Å². The van der Waals surface area contributed by atoms with Crippen molar-refractivity contribution in [2.45, 2.75) is 6.92 Å². The van der Waals surface area contributed by atoms with Gasteiger partial charge in [-0.1, -0.05) is 12.2 Å². The van der Waals surface area contributed by atoms with Gasteiger partial charge in [0.05, 0.1) is 6.61 Å². The first-order valence-corrected chi connectivity index (χ1v) is 6.95. The zero-order valence-electron chi connectivity index (χ0n) is 11.4. The number of amides is 1. The summed E-state index contributed by atoms with van der Waals surface area (Å²) in [7, 11) is 0. The van der Waals surface area contributed by atoms with Gasteiger partial charge in [-0.3, -0.25) is 0 Å². The summed E-state index contributed by atoms with van der Waals surface area (Å²) in [4.78, 5) is 20.1. The van der Waals surface area contributed by atoms with E-state index in [0.717, 1.165) is 11.4 Å². The molecule has 0 bridgehead atoms. The molecule has 1 fully saturated rings. The minimum atomic E-state index is -0.253. The molecule has 1 amide bonds. The quantitative estimate of drug-likeness (QED) is 0.838. The largest absolute Gasteiger partial charge is 0.450 e. The fraction of sp³-hybridized carbons (Fsp3) is 0.462. The molecule has 0 atom stereocenters. The standard InChI is InChI=1S/C13H18N4O2S/c1-2-19-13(18)17-7-5-16(6-8-17)11-9-10(12(14)20)3-4-15-11/h3-4,9H,2,5-8H2,1H3,(H2,14,20). The molecule has 1 aliphatic heterocycles. The Balaban J connectivity index is 1.98. The van der Waals surface area contributed by atoms with Gasteiger partial charge < -0.3 is 20.3 Å². The number of piperazine rings is 1. The second kappa shape index (κ2) is 6.51. The van der Waals surface area contributed by atoms with Crippen molar-refractivity contribution in [3.63, 3.8) is 0 Å². The zero-order valence-corrected chi connectivity index (χ0v) is 12.2. The van der Waals surface area contributed by atoms with E-state index < -0.39 is 0 Å². The van der Waals surface area contributed by atoms with Crippen LogP contribution in [0.3, 0.4) is 0 Å². The van der Waals surface area contributed by atoms with Crippen LogP contribution in [0, 0.1) is 0 Å². The minimum Gasteiger partial charge on any atom is -0.450 e. The molecule has 0 radical (unpaired) electrons. The first kappa shape index (κ1) is 14.5. The molecule has 1 aromatic heterocycles. The number of hydrogen-bond donors (Lipinski definition) is 1. The molecule has 1 aromatic rings. The van der Waals surface area contributed by atoms with Crippen molar-refractivity contribution in [3.8, 4) is 0 Å². The molecule has 0 aromatic carbocycles. The van der Waals surface area contributed by atoms with E-state index in [4.69, 9.17) is 22.7 Å². The van der Waals surface area contributed by atoms with Crippen LogP contribution in [0.2, 0.25) is 0 Å². The Morgan fingerprint density at radius 2 is 2.15 bits per heavy atom. The van der Waals surface area contributed by atoms with Crippen LogP contribution >= 0.6 is 12.2 Å². The Kier molecular flexibility index (Phi) is 4.73. The van der Waals surface area contributed by atoms with E-state index in [1.807, 2.05) is 6.07 Å². The number of pyridine rings is 1. The van der Waals surface area contributed by atoms with Crippen LogP contribution in [0.5, 0.6) is 0 Å². The SMILES string of the molecule is CCOC(=O)N1CCN(c2cc(C(N)=S)ccn2)CC1. The monoisotopic (exact) mass is 294 g/mol. The third kappa shape index (κ3) is 3.36. The van der Waals surface area contributed by atoms with Crippen molar-refractivity contribution in [2.75, 3.05) is 37.7 Å². The van der Waals surface area contributed by atoms with Gasteiger partial charge in [-0.05, 0) is 19.1 Å². The van der Waals surface area contributed by atoms with E-state index in [1.54, 1.807) is 24.1 Å². The molecule has 6 nitrogen and oxygen atoms in total. The molecular formula is C13H18N4O2S. The Hall–Kier alpha value is -1.89. The van der Waals surface area contributed by atoms with Gasteiger partial charge in [-0.25, -0.2) is 9.78 Å². The summed E-state index contributed by atoms with van der Waals surface area (Å²) < 4.78 is 4.99. The Morgan fingerprint density at radius 3 is 2.75 bits per heavy atom. The smallest absolute Gasteiger partial charge is 0.409 e. The number of thiocarbonyl (C=S) groups is 1. The van der Waals surface area contributed by atoms with Gasteiger partial charge in [0.15, 0.2) is 0 Å². The van der Waals surface area contributed by atoms with Crippen molar-refractivity contribution in [2.24, 2.45) is 5.73 Å². The predicted octanol–water partition coefficient (Wildman–Crippen LogP) is 0.994. The predicted molar refractivity (Wildman–Crippen MR) is 80.9 cm³/mol. The number of carbonyl (C=O) groups excluding carboxylic acids is 1. The molecule has 108 valence electrons. The molecule has 2 heterocycles. The van der Waals surface area contributed by atoms with Gasteiger partial charge >= 0.3 is 6.09 Å². The van der Waals surface area contributed by atoms with E-state index in [9.17, 15) is 4.79 Å². The fourth-order valence-corrected chi connectivity index (χ4v) is 2.20. The minimum absolute atomic E-state index is 0.253. The lowest BCUT2D eigenvalue weighted by Crippen LogP contribution is -2.49. The number of nitrogens with zero attached hydrogens (tertiary/aromatic N) is 3. The molecule has 1 aliphatic rings. The Labute approximate surface area is 123 Å². The number of carbonyl (C=O) groups is 1. The van der Waals surface area contributed by atoms with Crippen molar-refractivity contribution < 1.29 is 9.53 Å². The Morgan fingerprint density at radius 1 is 1.45 bits per heavy atom. The van der Waals surface area contributed by atoms with Crippen LogP contribution in [-0.2, 0) is 4.74 Å². The summed E-state index contributed by atoms with van der Waals surface area (Å²) in [6, 6.07) is 3.67. The number of nitrogens with two attached hydrogens (primary N) is 1. The third-order valence-electron chi connectivity index (χ3n) is 3.16. The molecule has 0 spiro atoms. The molecule has 0 unspecified atom stereocenters. The van der Waals surface area contributed by atoms with Crippen LogP contribution < -0.4 is 10.6 Å². The average molecular weight is 294 g/mol. The van der Waals surface area contributed by atoms with E-state index in [0.29, 0.717) is 37.8 Å². The summed E-state index contributed by atoms with van der Waals surface area (Å²) in [5.74, 6) is 0.832. The van der Waals surface area contributed by atoms with Crippen LogP contribution in [-0.4, -0.2) is 53.8 Å². The molecular weight excluding hydrogens is 276 g/mol. The number of aromatic nitrogens is 1. The summed E-state index contributed by atoms with van der Waals surface area (Å²) in [5.41, 5.74) is 6.43. The second-order valence-corrected chi connectivity index (χ2v) is 4.88. The molecule has 1 saturated heterocycles. The van der Waals surface area contributed by atoms with E-state index in [-0.39, 0.29) is 6.09 Å². The number of ether oxygens (including phenoxy) is 1. The fourth-order valence-electron chi connectivity index (χ4n) is 2.08. The van der Waals surface area contributed by atoms with E-state index in [2.05, 4.69) is 9.88 Å². The Bertz CT molecular complexity index is 501. The van der Waals surface area contributed by atoms with Crippen LogP contribution in [0.1, 0.15) is 12.5 Å². The maximum absolute atomic E-state index is 11.6. The van der Waals surface area contributed by atoms with Gasteiger partial charge in [0, 0.05) is 37.9 Å². The highest BCUT2D eigenvalue weighted by molar-refractivity contribution is 7.80. The summed E-state index contributed by atoms with van der Waals surface area (Å²) >= 11 is 4.97.